The summed E-state index contributed by atoms with van der Waals surface area (Å²) in [6, 6.07) is 3.32. The minimum absolute atomic E-state index is 0.266. The van der Waals surface area contributed by atoms with Crippen molar-refractivity contribution in [1.29, 1.82) is 0 Å². The van der Waals surface area contributed by atoms with Gasteiger partial charge in [-0.2, -0.15) is 0 Å². The van der Waals surface area contributed by atoms with Gasteiger partial charge in [-0.3, -0.25) is 0 Å². The van der Waals surface area contributed by atoms with Gasteiger partial charge in [0.05, 0.1) is 52.9 Å². The molecule has 5 saturated heterocycles. The molecule has 256 valence electrons. The monoisotopic (exact) mass is 696 g/mol. The third-order valence-electron chi connectivity index (χ3n) is 8.23. The molecule has 5 heterocycles. The second-order valence-corrected chi connectivity index (χ2v) is 27.8. The van der Waals surface area contributed by atoms with Gasteiger partial charge in [-0.1, -0.05) is 0 Å². The summed E-state index contributed by atoms with van der Waals surface area (Å²) >= 11 is 0. The first kappa shape index (κ1) is 35.7. The van der Waals surface area contributed by atoms with Crippen molar-refractivity contribution >= 4 is 34.2 Å². The summed E-state index contributed by atoms with van der Waals surface area (Å²) in [5, 5.41) is 0. The standard InChI is InChI=1S/C28H56O12Si4/c1-41(13-5-9-29-17-25-21-33-25)37-42(2,14-6-10-30-18-26-22-34-26)39-44(4,16-8-12-32-20-28-24-36-28)40-43(3,38-41)15-7-11-31-19-27-23-35-27/h25-28H,5-24H2,1-4H3. The Kier molecular flexibility index (Phi) is 13.5. The fourth-order valence-electron chi connectivity index (χ4n) is 5.82. The first-order valence-corrected chi connectivity index (χ1v) is 26.8. The Bertz CT molecular complexity index is 714. The van der Waals surface area contributed by atoms with Crippen molar-refractivity contribution in [3.63, 3.8) is 0 Å². The van der Waals surface area contributed by atoms with E-state index >= 15 is 0 Å². The van der Waals surface area contributed by atoms with E-state index in [-0.39, 0.29) is 24.4 Å². The summed E-state index contributed by atoms with van der Waals surface area (Å²) in [5.74, 6) is 0. The first-order chi connectivity index (χ1) is 21.1. The second kappa shape index (κ2) is 16.7. The summed E-state index contributed by atoms with van der Waals surface area (Å²) in [4.78, 5) is 0. The van der Waals surface area contributed by atoms with E-state index in [0.717, 1.165) is 76.3 Å². The zero-order valence-corrected chi connectivity index (χ0v) is 31.4. The third kappa shape index (κ3) is 13.9. The van der Waals surface area contributed by atoms with Crippen LogP contribution in [0, 0.1) is 0 Å². The molecule has 4 atom stereocenters. The van der Waals surface area contributed by atoms with Crippen LogP contribution in [0.15, 0.2) is 0 Å². The number of rotatable bonds is 24. The lowest BCUT2D eigenvalue weighted by Crippen LogP contribution is -2.67. The molecule has 12 nitrogen and oxygen atoms in total. The summed E-state index contributed by atoms with van der Waals surface area (Å²) in [5.41, 5.74) is 0. The number of ether oxygens (including phenoxy) is 8. The van der Waals surface area contributed by atoms with Gasteiger partial charge in [0.15, 0.2) is 0 Å². The Morgan fingerprint density at radius 2 is 0.614 bits per heavy atom. The molecule has 0 aliphatic carbocycles. The highest BCUT2D eigenvalue weighted by Gasteiger charge is 2.56. The van der Waals surface area contributed by atoms with Gasteiger partial charge in [0.2, 0.25) is 0 Å². The van der Waals surface area contributed by atoms with E-state index in [9.17, 15) is 0 Å². The lowest BCUT2D eigenvalue weighted by molar-refractivity contribution is 0.111. The van der Waals surface area contributed by atoms with Gasteiger partial charge in [0.25, 0.3) is 0 Å². The van der Waals surface area contributed by atoms with Crippen LogP contribution in [0.25, 0.3) is 0 Å². The van der Waals surface area contributed by atoms with E-state index in [0.29, 0.717) is 52.9 Å². The molecule has 0 spiro atoms. The van der Waals surface area contributed by atoms with Gasteiger partial charge < -0.3 is 54.4 Å². The predicted octanol–water partition coefficient (Wildman–Crippen LogP) is 3.58. The highest BCUT2D eigenvalue weighted by molar-refractivity contribution is 6.93. The number of epoxide rings is 4. The van der Waals surface area contributed by atoms with Crippen LogP contribution in [0.3, 0.4) is 0 Å². The van der Waals surface area contributed by atoms with Gasteiger partial charge in [-0.05, 0) is 76.0 Å². The van der Waals surface area contributed by atoms with Crippen molar-refractivity contribution < 1.29 is 54.4 Å². The maximum atomic E-state index is 7.24. The molecule has 0 radical (unpaired) electrons. The molecular weight excluding hydrogens is 641 g/mol. The lowest BCUT2D eigenvalue weighted by Gasteiger charge is -2.50. The summed E-state index contributed by atoms with van der Waals surface area (Å²) in [6.45, 7) is 17.3. The minimum Gasteiger partial charge on any atom is -0.416 e. The Balaban J connectivity index is 1.22. The average molecular weight is 697 g/mol. The SMILES string of the molecule is C[Si]1(CCCOCC2CO2)O[Si](C)(CCCOCC2CO2)O[Si](C)(CCCOCC2CO2)O[Si](C)(CCCOCC2CO2)O1. The highest BCUT2D eigenvalue weighted by Crippen LogP contribution is 2.39. The molecule has 0 N–H and O–H groups in total. The highest BCUT2D eigenvalue weighted by atomic mass is 28.5. The van der Waals surface area contributed by atoms with Crippen LogP contribution in [0.4, 0.5) is 0 Å². The van der Waals surface area contributed by atoms with Crippen LogP contribution >= 0.6 is 0 Å². The fourth-order valence-corrected chi connectivity index (χ4v) is 29.0. The van der Waals surface area contributed by atoms with Gasteiger partial charge in [0.1, 0.15) is 24.4 Å². The van der Waals surface area contributed by atoms with Crippen LogP contribution in [0.2, 0.25) is 50.4 Å². The van der Waals surface area contributed by atoms with Gasteiger partial charge >= 0.3 is 34.2 Å². The zero-order chi connectivity index (χ0) is 30.9. The van der Waals surface area contributed by atoms with E-state index < -0.39 is 34.2 Å². The average Bonchev–Trinajstić information content (AvgIpc) is 3.77. The van der Waals surface area contributed by atoms with E-state index in [4.69, 9.17) is 54.4 Å². The molecule has 5 fully saturated rings. The van der Waals surface area contributed by atoms with E-state index in [2.05, 4.69) is 26.2 Å². The maximum absolute atomic E-state index is 7.24. The summed E-state index contributed by atoms with van der Waals surface area (Å²) in [7, 11) is -10.8. The van der Waals surface area contributed by atoms with Crippen molar-refractivity contribution in [3.05, 3.63) is 0 Å². The molecule has 4 unspecified atom stereocenters. The molecule has 5 rings (SSSR count). The molecule has 0 aromatic carbocycles. The molecule has 0 saturated carbocycles. The van der Waals surface area contributed by atoms with Crippen molar-refractivity contribution in [2.45, 2.75) is 100 Å². The van der Waals surface area contributed by atoms with Crippen molar-refractivity contribution in [2.75, 3.05) is 79.3 Å². The van der Waals surface area contributed by atoms with Crippen LogP contribution in [-0.2, 0) is 54.4 Å². The predicted molar refractivity (Wildman–Crippen MR) is 171 cm³/mol. The molecule has 0 amide bonds. The second-order valence-electron chi connectivity index (χ2n) is 13.5. The zero-order valence-electron chi connectivity index (χ0n) is 27.4. The largest absolute Gasteiger partial charge is 0.416 e. The molecule has 16 heteroatoms. The number of hydrogen-bond acceptors (Lipinski definition) is 12. The van der Waals surface area contributed by atoms with E-state index in [1.54, 1.807) is 0 Å². The van der Waals surface area contributed by atoms with E-state index in [1.165, 1.54) is 0 Å². The Morgan fingerprint density at radius 3 is 0.795 bits per heavy atom. The number of hydrogen-bond donors (Lipinski definition) is 0. The van der Waals surface area contributed by atoms with Gasteiger partial charge in [-0.15, -0.1) is 0 Å². The summed E-state index contributed by atoms with van der Waals surface area (Å²) in [6.07, 6.45) is 4.55. The molecule has 0 aromatic rings. The topological polar surface area (TPSA) is 124 Å². The van der Waals surface area contributed by atoms with Crippen LogP contribution in [0.5, 0.6) is 0 Å². The molecule has 0 aromatic heterocycles. The molecular formula is C28H56O12Si4. The van der Waals surface area contributed by atoms with Crippen molar-refractivity contribution in [2.24, 2.45) is 0 Å². The van der Waals surface area contributed by atoms with Crippen molar-refractivity contribution in [1.82, 2.24) is 0 Å². The Morgan fingerprint density at radius 1 is 0.409 bits per heavy atom. The van der Waals surface area contributed by atoms with Gasteiger partial charge in [0, 0.05) is 26.4 Å². The Hall–Kier alpha value is 0.388. The fraction of sp³-hybridized carbons (Fsp3) is 1.00. The lowest BCUT2D eigenvalue weighted by atomic mass is 10.5. The molecule has 5 aliphatic heterocycles. The van der Waals surface area contributed by atoms with Crippen molar-refractivity contribution in [3.8, 4) is 0 Å². The molecule has 5 aliphatic rings. The van der Waals surface area contributed by atoms with Gasteiger partial charge in [-0.25, -0.2) is 0 Å². The normalized spacial score (nSPS) is 39.5. The first-order valence-electron chi connectivity index (χ1n) is 16.7. The third-order valence-corrected chi connectivity index (χ3v) is 27.1. The van der Waals surface area contributed by atoms with Crippen LogP contribution in [0.1, 0.15) is 25.7 Å². The smallest absolute Gasteiger partial charge is 0.317 e. The van der Waals surface area contributed by atoms with Crippen LogP contribution < -0.4 is 0 Å². The maximum Gasteiger partial charge on any atom is 0.317 e. The summed E-state index contributed by atoms with van der Waals surface area (Å²) < 4.78 is 73.7. The van der Waals surface area contributed by atoms with E-state index in [1.807, 2.05) is 0 Å². The minimum atomic E-state index is -2.69. The quantitative estimate of drug-likeness (QED) is 0.0833. The Labute approximate surface area is 267 Å². The molecule has 44 heavy (non-hydrogen) atoms. The molecule has 0 bridgehead atoms. The van der Waals surface area contributed by atoms with Crippen LogP contribution in [-0.4, -0.2) is 138 Å².